The van der Waals surface area contributed by atoms with E-state index in [9.17, 15) is 5.11 Å². The predicted molar refractivity (Wildman–Crippen MR) is 80.1 cm³/mol. The summed E-state index contributed by atoms with van der Waals surface area (Å²) in [6, 6.07) is 6.25. The summed E-state index contributed by atoms with van der Waals surface area (Å²) in [7, 11) is 0. The zero-order valence-electron chi connectivity index (χ0n) is 12.6. The molecule has 3 heteroatoms. The molecule has 0 spiro atoms. The van der Waals surface area contributed by atoms with E-state index in [2.05, 4.69) is 30.9 Å². The average molecular weight is 275 g/mol. The first kappa shape index (κ1) is 13.9. The number of benzene rings is 1. The van der Waals surface area contributed by atoms with E-state index in [-0.39, 0.29) is 5.60 Å². The van der Waals surface area contributed by atoms with Crippen molar-refractivity contribution in [2.75, 3.05) is 26.2 Å². The molecule has 3 rings (SSSR count). The molecule has 0 amide bonds. The second kappa shape index (κ2) is 5.38. The molecule has 1 N–H and O–H groups in total. The van der Waals surface area contributed by atoms with Crippen LogP contribution in [0.3, 0.4) is 0 Å². The molecule has 1 heterocycles. The van der Waals surface area contributed by atoms with Crippen LogP contribution in [0.5, 0.6) is 5.75 Å². The van der Waals surface area contributed by atoms with Gasteiger partial charge in [0.2, 0.25) is 0 Å². The fourth-order valence-electron chi connectivity index (χ4n) is 3.05. The number of aryl methyl sites for hydroxylation is 2. The van der Waals surface area contributed by atoms with Crippen molar-refractivity contribution in [3.8, 4) is 5.75 Å². The van der Waals surface area contributed by atoms with Gasteiger partial charge >= 0.3 is 0 Å². The molecule has 1 aliphatic carbocycles. The van der Waals surface area contributed by atoms with Crippen LogP contribution < -0.4 is 4.74 Å². The van der Waals surface area contributed by atoms with Gasteiger partial charge in [-0.15, -0.1) is 0 Å². The molecule has 2 aliphatic rings. The van der Waals surface area contributed by atoms with Crippen molar-refractivity contribution in [2.24, 2.45) is 5.92 Å². The lowest BCUT2D eigenvalue weighted by Gasteiger charge is -2.47. The molecule has 0 radical (unpaired) electrons. The van der Waals surface area contributed by atoms with Gasteiger partial charge in [0.1, 0.15) is 5.75 Å². The Balaban J connectivity index is 1.34. The Bertz CT molecular complexity index is 476. The first-order valence-corrected chi connectivity index (χ1v) is 7.72. The number of nitrogens with zero attached hydrogens (tertiary/aromatic N) is 1. The lowest BCUT2D eigenvalue weighted by atomic mass is 9.89. The van der Waals surface area contributed by atoms with Crippen LogP contribution in [0.4, 0.5) is 0 Å². The molecule has 0 unspecified atom stereocenters. The van der Waals surface area contributed by atoms with E-state index in [1.54, 1.807) is 0 Å². The summed E-state index contributed by atoms with van der Waals surface area (Å²) >= 11 is 0. The Hall–Kier alpha value is -1.06. The molecule has 1 aromatic carbocycles. The van der Waals surface area contributed by atoms with Crippen LogP contribution >= 0.6 is 0 Å². The highest BCUT2D eigenvalue weighted by Crippen LogP contribution is 2.44. The summed E-state index contributed by atoms with van der Waals surface area (Å²) in [5.74, 6) is 1.55. The van der Waals surface area contributed by atoms with Gasteiger partial charge in [0.05, 0.1) is 12.2 Å². The maximum Gasteiger partial charge on any atom is 0.119 e. The van der Waals surface area contributed by atoms with Gasteiger partial charge in [-0.25, -0.2) is 0 Å². The highest BCUT2D eigenvalue weighted by molar-refractivity contribution is 5.33. The third kappa shape index (κ3) is 2.99. The monoisotopic (exact) mass is 275 g/mol. The van der Waals surface area contributed by atoms with Crippen LogP contribution in [0.15, 0.2) is 18.2 Å². The summed E-state index contributed by atoms with van der Waals surface area (Å²) in [6.07, 6.45) is 3.47. The topological polar surface area (TPSA) is 32.7 Å². The SMILES string of the molecule is Cc1ccc(OCCCN2CC(O)(C3CC3)C2)cc1C. The Morgan fingerprint density at radius 1 is 1.25 bits per heavy atom. The van der Waals surface area contributed by atoms with E-state index in [4.69, 9.17) is 4.74 Å². The van der Waals surface area contributed by atoms with Gasteiger partial charge in [-0.2, -0.15) is 0 Å². The van der Waals surface area contributed by atoms with Gasteiger partial charge in [0, 0.05) is 19.6 Å². The number of rotatable bonds is 6. The third-order valence-corrected chi connectivity index (χ3v) is 4.70. The predicted octanol–water partition coefficient (Wildman–Crippen LogP) is 2.53. The van der Waals surface area contributed by atoms with E-state index in [0.29, 0.717) is 5.92 Å². The quantitative estimate of drug-likeness (QED) is 0.810. The maximum absolute atomic E-state index is 10.2. The standard InChI is InChI=1S/C17H25NO2/c1-13-4-7-16(10-14(13)2)20-9-3-8-18-11-17(19,12-18)15-5-6-15/h4,7,10,15,19H,3,5-6,8-9,11-12H2,1-2H3. The molecule has 110 valence electrons. The Morgan fingerprint density at radius 3 is 2.65 bits per heavy atom. The highest BCUT2D eigenvalue weighted by atomic mass is 16.5. The minimum absolute atomic E-state index is 0.352. The van der Waals surface area contributed by atoms with Crippen molar-refractivity contribution in [3.05, 3.63) is 29.3 Å². The molecule has 0 aromatic heterocycles. The molecule has 3 nitrogen and oxygen atoms in total. The molecule has 1 aromatic rings. The van der Waals surface area contributed by atoms with Crippen molar-refractivity contribution in [3.63, 3.8) is 0 Å². The highest BCUT2D eigenvalue weighted by Gasteiger charge is 2.51. The number of ether oxygens (including phenoxy) is 1. The summed E-state index contributed by atoms with van der Waals surface area (Å²) < 4.78 is 5.78. The van der Waals surface area contributed by atoms with Crippen LogP contribution in [0.2, 0.25) is 0 Å². The summed E-state index contributed by atoms with van der Waals surface area (Å²) in [6.45, 7) is 7.73. The number of aliphatic hydroxyl groups is 1. The number of hydrogen-bond donors (Lipinski definition) is 1. The minimum atomic E-state index is -0.352. The van der Waals surface area contributed by atoms with Gasteiger partial charge in [0.15, 0.2) is 0 Å². The van der Waals surface area contributed by atoms with Crippen LogP contribution in [-0.4, -0.2) is 41.8 Å². The molecular formula is C17H25NO2. The molecule has 1 aliphatic heterocycles. The largest absolute Gasteiger partial charge is 0.494 e. The zero-order valence-corrected chi connectivity index (χ0v) is 12.6. The smallest absolute Gasteiger partial charge is 0.119 e. The minimum Gasteiger partial charge on any atom is -0.494 e. The summed E-state index contributed by atoms with van der Waals surface area (Å²) in [5, 5.41) is 10.2. The van der Waals surface area contributed by atoms with E-state index >= 15 is 0 Å². The Kier molecular flexibility index (Phi) is 3.74. The Labute approximate surface area is 121 Å². The molecule has 1 saturated heterocycles. The second-order valence-corrected chi connectivity index (χ2v) is 6.54. The Morgan fingerprint density at radius 2 is 2.00 bits per heavy atom. The van der Waals surface area contributed by atoms with Gasteiger partial charge in [-0.05, 0) is 62.3 Å². The first-order chi connectivity index (χ1) is 9.57. The molecule has 20 heavy (non-hydrogen) atoms. The normalized spacial score (nSPS) is 21.6. The van der Waals surface area contributed by atoms with E-state index < -0.39 is 0 Å². The van der Waals surface area contributed by atoms with Crippen molar-refractivity contribution in [1.29, 1.82) is 0 Å². The van der Waals surface area contributed by atoms with Gasteiger partial charge < -0.3 is 9.84 Å². The third-order valence-electron chi connectivity index (χ3n) is 4.70. The van der Waals surface area contributed by atoms with Crippen molar-refractivity contribution >= 4 is 0 Å². The fraction of sp³-hybridized carbons (Fsp3) is 0.647. The van der Waals surface area contributed by atoms with Crippen LogP contribution in [0.25, 0.3) is 0 Å². The van der Waals surface area contributed by atoms with Crippen molar-refractivity contribution in [2.45, 2.75) is 38.7 Å². The fourth-order valence-corrected chi connectivity index (χ4v) is 3.05. The molecule has 0 atom stereocenters. The zero-order chi connectivity index (χ0) is 14.2. The number of β-amino-alcohol motifs (C(OH)–C–C–N with tert-alkyl or cyclic N) is 1. The summed E-state index contributed by atoms with van der Waals surface area (Å²) in [5.41, 5.74) is 2.23. The van der Waals surface area contributed by atoms with Crippen molar-refractivity contribution in [1.82, 2.24) is 4.90 Å². The first-order valence-electron chi connectivity index (χ1n) is 7.72. The van der Waals surface area contributed by atoms with E-state index in [0.717, 1.165) is 38.4 Å². The molecular weight excluding hydrogens is 250 g/mol. The van der Waals surface area contributed by atoms with Gasteiger partial charge in [-0.1, -0.05) is 6.07 Å². The number of hydrogen-bond acceptors (Lipinski definition) is 3. The lowest BCUT2D eigenvalue weighted by Crippen LogP contribution is -2.63. The van der Waals surface area contributed by atoms with Gasteiger partial charge in [-0.3, -0.25) is 4.90 Å². The van der Waals surface area contributed by atoms with Crippen molar-refractivity contribution < 1.29 is 9.84 Å². The number of likely N-dealkylation sites (tertiary alicyclic amines) is 1. The molecule has 1 saturated carbocycles. The van der Waals surface area contributed by atoms with Gasteiger partial charge in [0.25, 0.3) is 0 Å². The second-order valence-electron chi connectivity index (χ2n) is 6.54. The average Bonchev–Trinajstić information content (AvgIpc) is 3.20. The maximum atomic E-state index is 10.2. The van der Waals surface area contributed by atoms with E-state index in [1.807, 2.05) is 6.07 Å². The van der Waals surface area contributed by atoms with Crippen LogP contribution in [0.1, 0.15) is 30.4 Å². The van der Waals surface area contributed by atoms with Crippen LogP contribution in [0, 0.1) is 19.8 Å². The van der Waals surface area contributed by atoms with Crippen LogP contribution in [-0.2, 0) is 0 Å². The molecule has 0 bridgehead atoms. The summed E-state index contributed by atoms with van der Waals surface area (Å²) in [4.78, 5) is 2.34. The molecule has 2 fully saturated rings. The van der Waals surface area contributed by atoms with E-state index in [1.165, 1.54) is 24.0 Å². The lowest BCUT2D eigenvalue weighted by molar-refractivity contribution is -0.113.